The third kappa shape index (κ3) is 6.78. The number of furan rings is 1. The SMILES string of the molecule is c1ccc(-c2cc(-c3ccc4oc5ccc(-c6cc(-c7ccccc7)cc(-c7cnc8c9ccccc9c9ccccc9c8n7)c6)cc5c4c3)cc(-c3cnc4c5ccccc5c5ccccc5c4n3)c2)cc1. The van der Waals surface area contributed by atoms with Crippen LogP contribution in [0.2, 0.25) is 0 Å². The Kier molecular flexibility index (Phi) is 9.19. The predicted octanol–water partition coefficient (Wildman–Crippen LogP) is 18.1. The molecule has 12 aromatic carbocycles. The highest BCUT2D eigenvalue weighted by atomic mass is 16.3. The van der Waals surface area contributed by atoms with Crippen LogP contribution in [0.5, 0.6) is 0 Å². The van der Waals surface area contributed by atoms with Gasteiger partial charge in [-0.25, -0.2) is 9.97 Å². The summed E-state index contributed by atoms with van der Waals surface area (Å²) in [5, 5.41) is 11.2. The molecule has 0 bridgehead atoms. The van der Waals surface area contributed by atoms with Gasteiger partial charge in [-0.1, -0.05) is 170 Å². The Bertz CT molecular complexity index is 4360. The molecule has 0 N–H and O–H groups in total. The minimum absolute atomic E-state index is 0.820. The first-order chi connectivity index (χ1) is 36.1. The molecule has 0 saturated heterocycles. The molecule has 0 aliphatic heterocycles. The molecule has 15 aromatic rings. The fourth-order valence-corrected chi connectivity index (χ4v) is 11.1. The van der Waals surface area contributed by atoms with Crippen molar-refractivity contribution in [2.24, 2.45) is 0 Å². The van der Waals surface area contributed by atoms with Crippen molar-refractivity contribution in [3.63, 3.8) is 0 Å². The van der Waals surface area contributed by atoms with Crippen LogP contribution >= 0.6 is 0 Å². The topological polar surface area (TPSA) is 64.7 Å². The zero-order chi connectivity index (χ0) is 48.0. The van der Waals surface area contributed by atoms with Crippen LogP contribution in [-0.2, 0) is 0 Å². The van der Waals surface area contributed by atoms with Crippen molar-refractivity contribution in [2.75, 3.05) is 0 Å². The molecule has 0 atom stereocenters. The van der Waals surface area contributed by atoms with Crippen LogP contribution in [0.15, 0.2) is 247 Å². The van der Waals surface area contributed by atoms with Crippen molar-refractivity contribution in [3.05, 3.63) is 243 Å². The van der Waals surface area contributed by atoms with E-state index in [-0.39, 0.29) is 0 Å². The zero-order valence-corrected chi connectivity index (χ0v) is 39.3. The molecule has 338 valence electrons. The van der Waals surface area contributed by atoms with Crippen LogP contribution in [0.3, 0.4) is 0 Å². The van der Waals surface area contributed by atoms with Gasteiger partial charge < -0.3 is 4.42 Å². The molecule has 0 aliphatic carbocycles. The number of fused-ring (bicyclic) bond motifs is 15. The molecule has 5 heteroatoms. The number of nitrogens with zero attached hydrogens (tertiary/aromatic N) is 4. The summed E-state index contributed by atoms with van der Waals surface area (Å²) in [7, 11) is 0. The van der Waals surface area contributed by atoms with Gasteiger partial charge in [-0.15, -0.1) is 0 Å². The largest absolute Gasteiger partial charge is 0.456 e. The van der Waals surface area contributed by atoms with Gasteiger partial charge in [0.15, 0.2) is 0 Å². The van der Waals surface area contributed by atoms with E-state index in [4.69, 9.17) is 24.4 Å². The van der Waals surface area contributed by atoms with Gasteiger partial charge in [-0.3, -0.25) is 9.97 Å². The van der Waals surface area contributed by atoms with Crippen LogP contribution in [0.25, 0.3) is 154 Å². The maximum Gasteiger partial charge on any atom is 0.135 e. The zero-order valence-electron chi connectivity index (χ0n) is 39.3. The summed E-state index contributed by atoms with van der Waals surface area (Å²) >= 11 is 0. The van der Waals surface area contributed by atoms with Gasteiger partial charge in [0, 0.05) is 43.4 Å². The minimum Gasteiger partial charge on any atom is -0.456 e. The Balaban J connectivity index is 0.877. The number of hydrogen-bond donors (Lipinski definition) is 0. The van der Waals surface area contributed by atoms with Crippen LogP contribution in [0.1, 0.15) is 0 Å². The van der Waals surface area contributed by atoms with E-state index in [2.05, 4.69) is 231 Å². The lowest BCUT2D eigenvalue weighted by Gasteiger charge is -2.13. The molecule has 73 heavy (non-hydrogen) atoms. The molecule has 0 saturated carbocycles. The van der Waals surface area contributed by atoms with Crippen molar-refractivity contribution >= 4 is 87.1 Å². The minimum atomic E-state index is 0.820. The van der Waals surface area contributed by atoms with Crippen molar-refractivity contribution in [3.8, 4) is 67.0 Å². The van der Waals surface area contributed by atoms with Crippen molar-refractivity contribution in [2.45, 2.75) is 0 Å². The second-order valence-electron chi connectivity index (χ2n) is 18.9. The summed E-state index contributed by atoms with van der Waals surface area (Å²) in [6, 6.07) is 81.8. The Hall–Kier alpha value is -9.84. The molecule has 0 fully saturated rings. The van der Waals surface area contributed by atoms with Gasteiger partial charge in [0.25, 0.3) is 0 Å². The van der Waals surface area contributed by atoms with Crippen molar-refractivity contribution in [1.29, 1.82) is 0 Å². The maximum absolute atomic E-state index is 6.58. The highest BCUT2D eigenvalue weighted by Crippen LogP contribution is 2.41. The Morgan fingerprint density at radius 2 is 0.534 bits per heavy atom. The van der Waals surface area contributed by atoms with Gasteiger partial charge in [0.2, 0.25) is 0 Å². The van der Waals surface area contributed by atoms with Gasteiger partial charge in [-0.05, 0) is 127 Å². The molecule has 5 nitrogen and oxygen atoms in total. The quantitative estimate of drug-likeness (QED) is 0.155. The number of benzene rings is 12. The molecular formula is C68H40N4O. The van der Waals surface area contributed by atoms with Crippen LogP contribution in [0, 0.1) is 0 Å². The Morgan fingerprint density at radius 1 is 0.219 bits per heavy atom. The van der Waals surface area contributed by atoms with Crippen LogP contribution in [-0.4, -0.2) is 19.9 Å². The smallest absolute Gasteiger partial charge is 0.135 e. The lowest BCUT2D eigenvalue weighted by atomic mass is 9.93. The molecule has 0 unspecified atom stereocenters. The van der Waals surface area contributed by atoms with Gasteiger partial charge in [0.1, 0.15) is 11.2 Å². The van der Waals surface area contributed by atoms with E-state index >= 15 is 0 Å². The van der Waals surface area contributed by atoms with E-state index in [0.29, 0.717) is 0 Å². The van der Waals surface area contributed by atoms with Crippen LogP contribution in [0.4, 0.5) is 0 Å². The monoisotopic (exact) mass is 928 g/mol. The summed E-state index contributed by atoms with van der Waals surface area (Å²) in [6.45, 7) is 0. The van der Waals surface area contributed by atoms with Crippen molar-refractivity contribution < 1.29 is 4.42 Å². The molecule has 15 rings (SSSR count). The molecule has 0 radical (unpaired) electrons. The summed E-state index contributed by atoms with van der Waals surface area (Å²) < 4.78 is 6.58. The third-order valence-corrected chi connectivity index (χ3v) is 14.7. The number of rotatable bonds is 6. The first-order valence-corrected chi connectivity index (χ1v) is 24.7. The lowest BCUT2D eigenvalue weighted by Crippen LogP contribution is -1.93. The second kappa shape index (κ2) is 16.4. The van der Waals surface area contributed by atoms with E-state index < -0.39 is 0 Å². The predicted molar refractivity (Wildman–Crippen MR) is 303 cm³/mol. The third-order valence-electron chi connectivity index (χ3n) is 14.7. The second-order valence-corrected chi connectivity index (χ2v) is 18.9. The summed E-state index contributed by atoms with van der Waals surface area (Å²) in [6.07, 6.45) is 3.86. The average Bonchev–Trinajstić information content (AvgIpc) is 3.84. The van der Waals surface area contributed by atoms with Gasteiger partial charge >= 0.3 is 0 Å². The summed E-state index contributed by atoms with van der Waals surface area (Å²) in [5.41, 5.74) is 17.7. The van der Waals surface area contributed by atoms with Gasteiger partial charge in [-0.2, -0.15) is 0 Å². The van der Waals surface area contributed by atoms with Crippen LogP contribution < -0.4 is 0 Å². The summed E-state index contributed by atoms with van der Waals surface area (Å²) in [5.74, 6) is 0. The fraction of sp³-hybridized carbons (Fsp3) is 0. The molecule has 3 heterocycles. The first kappa shape index (κ1) is 41.0. The first-order valence-electron chi connectivity index (χ1n) is 24.7. The van der Waals surface area contributed by atoms with E-state index in [1.165, 1.54) is 21.5 Å². The maximum atomic E-state index is 6.58. The highest BCUT2D eigenvalue weighted by Gasteiger charge is 2.18. The standard InChI is InChI=1S/C68H40N4O/c1-3-15-41(16-4-1)45-31-47(35-49(33-45)61-39-69-65-55-23-11-7-19-51(55)53-21-9-13-25-57(53)67(65)71-61)43-27-29-63-59(37-43)60-38-44(28-30-64(60)73-63)48-32-46(42-17-5-2-6-18-42)34-50(36-48)62-40-70-66-56-24-12-8-20-52(56)54-22-10-14-26-58(54)68(66)72-62/h1-40H. The van der Waals surface area contributed by atoms with E-state index in [1.54, 1.807) is 0 Å². The Morgan fingerprint density at radius 3 is 0.918 bits per heavy atom. The van der Waals surface area contributed by atoms with E-state index in [9.17, 15) is 0 Å². The molecule has 0 aliphatic rings. The van der Waals surface area contributed by atoms with Crippen molar-refractivity contribution in [1.82, 2.24) is 19.9 Å². The highest BCUT2D eigenvalue weighted by molar-refractivity contribution is 6.24. The average molecular weight is 929 g/mol. The summed E-state index contributed by atoms with van der Waals surface area (Å²) in [4.78, 5) is 21.1. The lowest BCUT2D eigenvalue weighted by molar-refractivity contribution is 0.669. The molecular weight excluding hydrogens is 889 g/mol. The molecule has 0 amide bonds. The fourth-order valence-electron chi connectivity index (χ4n) is 11.1. The molecule has 0 spiro atoms. The van der Waals surface area contributed by atoms with Gasteiger partial charge in [0.05, 0.1) is 45.8 Å². The number of aromatic nitrogens is 4. The molecule has 3 aromatic heterocycles. The number of hydrogen-bond acceptors (Lipinski definition) is 5. The van der Waals surface area contributed by atoms with E-state index in [0.717, 1.165) is 133 Å². The Labute approximate surface area is 419 Å². The normalized spacial score (nSPS) is 11.8. The van der Waals surface area contributed by atoms with E-state index in [1.807, 2.05) is 12.4 Å².